The Hall–Kier alpha value is -0.540. The first kappa shape index (κ1) is 21.5. The van der Waals surface area contributed by atoms with E-state index < -0.39 is 38.7 Å². The van der Waals surface area contributed by atoms with E-state index in [0.717, 1.165) is 22.9 Å². The smallest absolute Gasteiger partial charge is 0.326 e. The summed E-state index contributed by atoms with van der Waals surface area (Å²) in [5.41, 5.74) is 4.58. The second-order valence-corrected chi connectivity index (χ2v) is 7.97. The summed E-state index contributed by atoms with van der Waals surface area (Å²) in [5, 5.41) is -0.168. The van der Waals surface area contributed by atoms with Gasteiger partial charge >= 0.3 is 6.18 Å². The van der Waals surface area contributed by atoms with E-state index >= 15 is 0 Å². The van der Waals surface area contributed by atoms with E-state index in [1.807, 2.05) is 0 Å². The van der Waals surface area contributed by atoms with Crippen LogP contribution in [0.1, 0.15) is 31.7 Å². The number of hydrogen-bond donors (Lipinski definition) is 1. The molecule has 138 valence electrons. The fourth-order valence-electron chi connectivity index (χ4n) is 2.83. The molecule has 2 rings (SSSR count). The molecule has 2 N–H and O–H groups in total. The van der Waals surface area contributed by atoms with Crippen molar-refractivity contribution in [1.82, 2.24) is 4.31 Å². The normalized spacial score (nSPS) is 21.2. The lowest BCUT2D eigenvalue weighted by Gasteiger charge is -2.37. The molecule has 0 aliphatic carbocycles. The molecule has 0 spiro atoms. The molecule has 4 nitrogen and oxygen atoms in total. The highest BCUT2D eigenvalue weighted by molar-refractivity contribution is 7.89. The monoisotopic (exact) mass is 406 g/mol. The Labute approximate surface area is 150 Å². The molecule has 1 aliphatic rings. The van der Waals surface area contributed by atoms with E-state index in [4.69, 9.17) is 17.3 Å². The van der Waals surface area contributed by atoms with Crippen molar-refractivity contribution in [2.75, 3.05) is 6.54 Å². The zero-order chi connectivity index (χ0) is 17.4. The zero-order valence-electron chi connectivity index (χ0n) is 12.9. The number of nitrogens with two attached hydrogens (primary N) is 1. The van der Waals surface area contributed by atoms with Crippen molar-refractivity contribution in [3.8, 4) is 0 Å². The number of piperidine rings is 1. The summed E-state index contributed by atoms with van der Waals surface area (Å²) < 4.78 is 66.4. The van der Waals surface area contributed by atoms with Crippen LogP contribution in [-0.4, -0.2) is 31.4 Å². The minimum Gasteiger partial charge on any atom is -0.326 e. The van der Waals surface area contributed by atoms with Crippen LogP contribution in [0.4, 0.5) is 13.2 Å². The fraction of sp³-hybridized carbons (Fsp3) is 0.571. The van der Waals surface area contributed by atoms with Crippen molar-refractivity contribution in [2.45, 2.75) is 49.3 Å². The predicted octanol–water partition coefficient (Wildman–Crippen LogP) is 3.67. The SMILES string of the molecule is CC(N)C1CCCCN1S(=O)(=O)c1ccc(Cl)cc1C(F)(F)F.Cl. The van der Waals surface area contributed by atoms with E-state index in [1.54, 1.807) is 6.92 Å². The summed E-state index contributed by atoms with van der Waals surface area (Å²) >= 11 is 5.61. The molecule has 1 aromatic rings. The number of alkyl halides is 3. The molecule has 1 fully saturated rings. The van der Waals surface area contributed by atoms with Crippen molar-refractivity contribution in [2.24, 2.45) is 5.73 Å². The maximum absolute atomic E-state index is 13.2. The van der Waals surface area contributed by atoms with E-state index in [0.29, 0.717) is 18.9 Å². The number of hydrogen-bond acceptors (Lipinski definition) is 3. The van der Waals surface area contributed by atoms with Gasteiger partial charge < -0.3 is 5.73 Å². The molecule has 2 atom stereocenters. The number of nitrogens with zero attached hydrogens (tertiary/aromatic N) is 1. The fourth-order valence-corrected chi connectivity index (χ4v) is 4.97. The van der Waals surface area contributed by atoms with E-state index in [2.05, 4.69) is 0 Å². The van der Waals surface area contributed by atoms with Gasteiger partial charge in [0.2, 0.25) is 10.0 Å². The van der Waals surface area contributed by atoms with Crippen molar-refractivity contribution in [3.63, 3.8) is 0 Å². The number of rotatable bonds is 3. The number of sulfonamides is 1. The molecular weight excluding hydrogens is 388 g/mol. The van der Waals surface area contributed by atoms with Crippen LogP contribution >= 0.6 is 24.0 Å². The number of benzene rings is 1. The molecular formula is C14H19Cl2F3N2O2S. The number of halogens is 5. The molecule has 1 saturated heterocycles. The first-order valence-electron chi connectivity index (χ1n) is 7.19. The van der Waals surface area contributed by atoms with Gasteiger partial charge in [0.25, 0.3) is 0 Å². The average molecular weight is 407 g/mol. The van der Waals surface area contributed by atoms with Crippen LogP contribution in [0.15, 0.2) is 23.1 Å². The summed E-state index contributed by atoms with van der Waals surface area (Å²) in [4.78, 5) is -0.776. The van der Waals surface area contributed by atoms with Crippen molar-refractivity contribution in [1.29, 1.82) is 0 Å². The first-order valence-corrected chi connectivity index (χ1v) is 9.01. The van der Waals surface area contributed by atoms with Crippen LogP contribution in [-0.2, 0) is 16.2 Å². The summed E-state index contributed by atoms with van der Waals surface area (Å²) in [7, 11) is -4.31. The lowest BCUT2D eigenvalue weighted by atomic mass is 10.00. The van der Waals surface area contributed by atoms with Crippen LogP contribution in [0, 0.1) is 0 Å². The average Bonchev–Trinajstić information content (AvgIpc) is 2.46. The van der Waals surface area contributed by atoms with Gasteiger partial charge in [-0.05, 0) is 38.0 Å². The molecule has 1 aromatic carbocycles. The van der Waals surface area contributed by atoms with Gasteiger partial charge in [-0.2, -0.15) is 17.5 Å². The van der Waals surface area contributed by atoms with Gasteiger partial charge in [-0.1, -0.05) is 18.0 Å². The summed E-state index contributed by atoms with van der Waals surface area (Å²) in [6.07, 6.45) is -2.89. The quantitative estimate of drug-likeness (QED) is 0.832. The van der Waals surface area contributed by atoms with Gasteiger partial charge in [0.15, 0.2) is 0 Å². The second kappa shape index (κ2) is 7.78. The molecule has 0 amide bonds. The molecule has 10 heteroatoms. The van der Waals surface area contributed by atoms with Crippen molar-refractivity contribution >= 4 is 34.0 Å². The largest absolute Gasteiger partial charge is 0.417 e. The van der Waals surface area contributed by atoms with E-state index in [-0.39, 0.29) is 24.0 Å². The van der Waals surface area contributed by atoms with Gasteiger partial charge in [0.05, 0.1) is 10.5 Å². The predicted molar refractivity (Wildman–Crippen MR) is 88.9 cm³/mol. The van der Waals surface area contributed by atoms with Crippen LogP contribution < -0.4 is 5.73 Å². The lowest BCUT2D eigenvalue weighted by molar-refractivity contribution is -0.139. The Bertz CT molecular complexity index is 681. The summed E-state index contributed by atoms with van der Waals surface area (Å²) in [6.45, 7) is 1.82. The van der Waals surface area contributed by atoms with Gasteiger partial charge in [-0.3, -0.25) is 0 Å². The summed E-state index contributed by atoms with van der Waals surface area (Å²) in [5.74, 6) is 0. The standard InChI is InChI=1S/C14H18ClF3N2O2S.ClH/c1-9(19)12-4-2-3-7-20(12)23(21,22)13-6-5-10(15)8-11(13)14(16,17)18;/h5-6,8-9,12H,2-4,7,19H2,1H3;1H. The highest BCUT2D eigenvalue weighted by Crippen LogP contribution is 2.38. The Morgan fingerprint density at radius 1 is 1.33 bits per heavy atom. The maximum Gasteiger partial charge on any atom is 0.417 e. The molecule has 0 radical (unpaired) electrons. The molecule has 1 heterocycles. The lowest BCUT2D eigenvalue weighted by Crippen LogP contribution is -2.51. The van der Waals surface area contributed by atoms with Crippen molar-refractivity contribution in [3.05, 3.63) is 28.8 Å². The topological polar surface area (TPSA) is 63.4 Å². The third-order valence-electron chi connectivity index (χ3n) is 3.94. The second-order valence-electron chi connectivity index (χ2n) is 5.68. The first-order chi connectivity index (χ1) is 10.5. The van der Waals surface area contributed by atoms with Gasteiger partial charge in [-0.25, -0.2) is 8.42 Å². The highest BCUT2D eigenvalue weighted by atomic mass is 35.5. The van der Waals surface area contributed by atoms with E-state index in [1.165, 1.54) is 0 Å². The van der Waals surface area contributed by atoms with Crippen LogP contribution in [0.3, 0.4) is 0 Å². The minimum atomic E-state index is -4.81. The van der Waals surface area contributed by atoms with Gasteiger partial charge in [0.1, 0.15) is 0 Å². The van der Waals surface area contributed by atoms with E-state index in [9.17, 15) is 21.6 Å². The molecule has 0 saturated carbocycles. The maximum atomic E-state index is 13.2. The Balaban J connectivity index is 0.00000288. The Morgan fingerprint density at radius 2 is 1.96 bits per heavy atom. The third kappa shape index (κ3) is 4.35. The molecule has 1 aliphatic heterocycles. The van der Waals surface area contributed by atoms with Gasteiger partial charge in [0, 0.05) is 23.7 Å². The zero-order valence-corrected chi connectivity index (χ0v) is 15.3. The molecule has 0 aromatic heterocycles. The molecule has 2 unspecified atom stereocenters. The van der Waals surface area contributed by atoms with Gasteiger partial charge in [-0.15, -0.1) is 12.4 Å². The Kier molecular flexibility index (Phi) is 6.97. The van der Waals surface area contributed by atoms with Crippen molar-refractivity contribution < 1.29 is 21.6 Å². The summed E-state index contributed by atoms with van der Waals surface area (Å²) in [6, 6.07) is 1.72. The van der Waals surface area contributed by atoms with Crippen LogP contribution in [0.25, 0.3) is 0 Å². The molecule has 24 heavy (non-hydrogen) atoms. The minimum absolute atomic E-state index is 0. The molecule has 0 bridgehead atoms. The Morgan fingerprint density at radius 3 is 2.50 bits per heavy atom. The third-order valence-corrected chi connectivity index (χ3v) is 6.16. The highest BCUT2D eigenvalue weighted by Gasteiger charge is 2.42. The van der Waals surface area contributed by atoms with Crippen LogP contribution in [0.2, 0.25) is 5.02 Å². The van der Waals surface area contributed by atoms with Crippen LogP contribution in [0.5, 0.6) is 0 Å².